The molecule has 0 spiro atoms. The summed E-state index contributed by atoms with van der Waals surface area (Å²) in [5.41, 5.74) is 0.731. The van der Waals surface area contributed by atoms with Gasteiger partial charge in [0.05, 0.1) is 12.1 Å². The maximum atomic E-state index is 11.9. The third kappa shape index (κ3) is 5.82. The van der Waals surface area contributed by atoms with Gasteiger partial charge >= 0.3 is 11.9 Å². The van der Waals surface area contributed by atoms with E-state index in [1.807, 2.05) is 26.6 Å². The fraction of sp³-hybridized carbons (Fsp3) is 0.368. The fourth-order valence-corrected chi connectivity index (χ4v) is 4.94. The van der Waals surface area contributed by atoms with E-state index in [1.165, 1.54) is 5.39 Å². The van der Waals surface area contributed by atoms with E-state index in [4.69, 9.17) is 14.6 Å². The minimum Gasteiger partial charge on any atom is -0.489 e. The number of hydrogen-bond donors (Lipinski definition) is 1. The number of carbonyl (C=O) groups excluding carboxylic acids is 1. The second-order valence-electron chi connectivity index (χ2n) is 6.22. The highest BCUT2D eigenvalue weighted by Gasteiger charge is 2.26. The number of fused-ring (bicyclic) bond motifs is 1. The van der Waals surface area contributed by atoms with Crippen molar-refractivity contribution < 1.29 is 24.2 Å². The first-order chi connectivity index (χ1) is 12.8. The Balaban J connectivity index is 1.96. The monoisotopic (exact) mass is 500 g/mol. The normalized spacial score (nSPS) is 13.1. The number of hydrogen-bond acceptors (Lipinski definition) is 4. The van der Waals surface area contributed by atoms with Crippen molar-refractivity contribution in [2.24, 2.45) is 0 Å². The Morgan fingerprint density at radius 2 is 2.00 bits per heavy atom. The number of carboxylic acid groups (broad SMARTS) is 1. The highest BCUT2D eigenvalue weighted by Crippen LogP contribution is 2.46. The van der Waals surface area contributed by atoms with Crippen LogP contribution in [0.1, 0.15) is 24.5 Å². The van der Waals surface area contributed by atoms with Crippen molar-refractivity contribution >= 4 is 57.8 Å². The van der Waals surface area contributed by atoms with Crippen molar-refractivity contribution in [3.8, 4) is 5.75 Å². The summed E-state index contributed by atoms with van der Waals surface area (Å²) in [5.74, 6) is -0.617. The third-order valence-corrected chi connectivity index (χ3v) is 7.65. The molecule has 0 aliphatic carbocycles. The van der Waals surface area contributed by atoms with E-state index in [0.717, 1.165) is 28.7 Å². The maximum absolute atomic E-state index is 11.9. The Kier molecular flexibility index (Phi) is 8.36. The molecule has 0 saturated carbocycles. The molecule has 0 bridgehead atoms. The van der Waals surface area contributed by atoms with Gasteiger partial charge in [-0.2, -0.15) is 0 Å². The number of halogens is 1. The van der Waals surface area contributed by atoms with Crippen LogP contribution < -0.4 is 4.74 Å². The van der Waals surface area contributed by atoms with Crippen molar-refractivity contribution in [1.82, 2.24) is 0 Å². The van der Waals surface area contributed by atoms with Gasteiger partial charge in [-0.25, -0.2) is 0 Å². The molecule has 0 amide bonds. The van der Waals surface area contributed by atoms with Gasteiger partial charge in [0.25, 0.3) is 0 Å². The lowest BCUT2D eigenvalue weighted by Crippen LogP contribution is -2.23. The first kappa shape index (κ1) is 22.0. The molecule has 2 aromatic carbocycles. The van der Waals surface area contributed by atoms with Crippen molar-refractivity contribution in [1.29, 1.82) is 0 Å². The molecule has 144 valence electrons. The third-order valence-electron chi connectivity index (χ3n) is 4.38. The van der Waals surface area contributed by atoms with E-state index >= 15 is 0 Å². The summed E-state index contributed by atoms with van der Waals surface area (Å²) in [5, 5.41) is 11.5. The zero-order valence-corrected chi connectivity index (χ0v) is 18.7. The highest BCUT2D eigenvalue weighted by atomic mass is 127. The molecule has 2 aromatic rings. The van der Waals surface area contributed by atoms with E-state index in [1.54, 1.807) is 0 Å². The molecule has 27 heavy (non-hydrogen) atoms. The number of benzene rings is 2. The van der Waals surface area contributed by atoms with Crippen LogP contribution in [-0.2, 0) is 20.7 Å². The number of ether oxygens (including phenoxy) is 2. The van der Waals surface area contributed by atoms with Crippen LogP contribution in [0.2, 0.25) is 0 Å². The van der Waals surface area contributed by atoms with Crippen LogP contribution in [0, 0.1) is 6.92 Å². The number of carboxylic acids is 1. The van der Waals surface area contributed by atoms with Gasteiger partial charge in [0.2, 0.25) is 0 Å². The van der Waals surface area contributed by atoms with E-state index in [-0.39, 0.29) is 19.6 Å². The van der Waals surface area contributed by atoms with Crippen molar-refractivity contribution in [2.75, 3.05) is 13.2 Å². The molecule has 0 aliphatic heterocycles. The van der Waals surface area contributed by atoms with Crippen molar-refractivity contribution in [2.45, 2.75) is 32.3 Å². The Morgan fingerprint density at radius 3 is 2.63 bits per heavy atom. The molecular weight excluding hydrogens is 477 g/mol. The quantitative estimate of drug-likeness (QED) is 0.186. The molecule has 0 saturated heterocycles. The molecule has 1 N–H and O–H groups in total. The number of aliphatic carboxylic acids is 1. The van der Waals surface area contributed by atoms with Gasteiger partial charge < -0.3 is 14.6 Å². The topological polar surface area (TPSA) is 72.8 Å². The lowest BCUT2D eigenvalue weighted by Gasteiger charge is -2.17. The second-order valence-corrected chi connectivity index (χ2v) is 12.5. The Labute approximate surface area is 174 Å². The molecule has 0 aromatic heterocycles. The molecule has 0 aliphatic rings. The zero-order chi connectivity index (χ0) is 20.0. The van der Waals surface area contributed by atoms with Crippen LogP contribution in [-0.4, -0.2) is 43.5 Å². The molecule has 0 fully saturated rings. The van der Waals surface area contributed by atoms with Gasteiger partial charge in [0.15, 0.2) is 0 Å². The van der Waals surface area contributed by atoms with Crippen LogP contribution in [0.4, 0.5) is 0 Å². The minimum absolute atomic E-state index is 0.101. The van der Waals surface area contributed by atoms with E-state index in [9.17, 15) is 9.59 Å². The molecule has 0 heterocycles. The second kappa shape index (κ2) is 10.3. The first-order valence-electron chi connectivity index (χ1n) is 8.76. The summed E-state index contributed by atoms with van der Waals surface area (Å²) < 4.78 is 11.1. The fourth-order valence-electron chi connectivity index (χ4n) is 2.93. The SMILES string of the molecule is BP(I)C(CC(=O)OCCOc1c(CC)cc2ccccc2c1C)C(=O)O. The van der Waals surface area contributed by atoms with Crippen LogP contribution >= 0.6 is 27.5 Å². The van der Waals surface area contributed by atoms with E-state index in [0.29, 0.717) is 0 Å². The molecule has 2 unspecified atom stereocenters. The van der Waals surface area contributed by atoms with Crippen LogP contribution in [0.25, 0.3) is 10.8 Å². The predicted octanol–water partition coefficient (Wildman–Crippen LogP) is 3.86. The largest absolute Gasteiger partial charge is 0.489 e. The van der Waals surface area contributed by atoms with Crippen molar-refractivity contribution in [3.05, 3.63) is 41.5 Å². The standard InChI is InChI=1S/C19H23BIO5P/c1-3-13-10-14-6-4-5-7-15(14)12(2)18(13)26-9-8-25-17(22)11-16(19(23)24)27(20)21/h4-7,10,16H,3,8-9,11,20H2,1-2H3,(H,23,24). The number of esters is 1. The van der Waals surface area contributed by atoms with Crippen LogP contribution in [0.3, 0.4) is 0 Å². The zero-order valence-electron chi connectivity index (χ0n) is 15.7. The maximum Gasteiger partial charge on any atom is 0.311 e. The molecular formula is C19H23BIO5P. The molecule has 0 radical (unpaired) electrons. The van der Waals surface area contributed by atoms with E-state index < -0.39 is 23.0 Å². The lowest BCUT2D eigenvalue weighted by atomic mass is 9.99. The van der Waals surface area contributed by atoms with Crippen LogP contribution in [0.15, 0.2) is 30.3 Å². The lowest BCUT2D eigenvalue weighted by molar-refractivity contribution is -0.147. The minimum atomic E-state index is -0.953. The first-order valence-corrected chi connectivity index (χ1v) is 13.4. The van der Waals surface area contributed by atoms with Crippen LogP contribution in [0.5, 0.6) is 5.75 Å². The Hall–Kier alpha value is -1.34. The highest BCUT2D eigenvalue weighted by molar-refractivity contribution is 14.2. The van der Waals surface area contributed by atoms with Gasteiger partial charge in [-0.15, -0.1) is 0 Å². The molecule has 2 rings (SSSR count). The van der Waals surface area contributed by atoms with Gasteiger partial charge in [-0.1, -0.05) is 58.7 Å². The summed E-state index contributed by atoms with van der Waals surface area (Å²) in [7, 11) is 1.83. The van der Waals surface area contributed by atoms with Gasteiger partial charge in [0, 0.05) is 0 Å². The molecule has 8 heteroatoms. The smallest absolute Gasteiger partial charge is 0.311 e. The number of carbonyl (C=O) groups is 2. The Morgan fingerprint density at radius 1 is 1.30 bits per heavy atom. The van der Waals surface area contributed by atoms with Crippen molar-refractivity contribution in [3.63, 3.8) is 0 Å². The van der Waals surface area contributed by atoms with Gasteiger partial charge in [0.1, 0.15) is 26.5 Å². The van der Waals surface area contributed by atoms with E-state index in [2.05, 4.69) is 47.2 Å². The molecule has 5 nitrogen and oxygen atoms in total. The average molecular weight is 500 g/mol. The summed E-state index contributed by atoms with van der Waals surface area (Å²) in [6.07, 6.45) is 0.743. The summed E-state index contributed by atoms with van der Waals surface area (Å²) >= 11 is 2.08. The average Bonchev–Trinajstić information content (AvgIpc) is 2.63. The Bertz CT molecular complexity index is 827. The number of aryl methyl sites for hydroxylation is 2. The summed E-state index contributed by atoms with van der Waals surface area (Å²) in [6.45, 7) is 4.45. The number of rotatable bonds is 9. The summed E-state index contributed by atoms with van der Waals surface area (Å²) in [6, 6.07) is 10.3. The van der Waals surface area contributed by atoms with Gasteiger partial charge in [-0.3, -0.25) is 9.59 Å². The summed E-state index contributed by atoms with van der Waals surface area (Å²) in [4.78, 5) is 23.1. The predicted molar refractivity (Wildman–Crippen MR) is 120 cm³/mol. The molecule has 2 atom stereocenters. The van der Waals surface area contributed by atoms with Gasteiger partial charge in [-0.05, 0) is 41.3 Å².